The summed E-state index contributed by atoms with van der Waals surface area (Å²) in [4.78, 5) is 16.2. The molecule has 2 aromatic heterocycles. The fourth-order valence-corrected chi connectivity index (χ4v) is 5.60. The van der Waals surface area contributed by atoms with Crippen molar-refractivity contribution in [1.29, 1.82) is 0 Å². The minimum atomic E-state index is -4.68. The molecule has 0 aliphatic heterocycles. The molecule has 0 aliphatic carbocycles. The van der Waals surface area contributed by atoms with E-state index in [0.29, 0.717) is 17.8 Å². The van der Waals surface area contributed by atoms with E-state index < -0.39 is 41.7 Å². The van der Waals surface area contributed by atoms with E-state index in [4.69, 9.17) is 27.6 Å². The Kier molecular flexibility index (Phi) is 7.62. The summed E-state index contributed by atoms with van der Waals surface area (Å²) in [6, 6.07) is 4.98. The summed E-state index contributed by atoms with van der Waals surface area (Å²) in [6.45, 7) is 10.5. The highest BCUT2D eigenvalue weighted by molar-refractivity contribution is 7.90. The van der Waals surface area contributed by atoms with Gasteiger partial charge in [0.25, 0.3) is 15.9 Å². The SMILES string of the molecule is CC(C)(C)[Si](C)(C)OCc1ccc(Cl)c(S(=O)(=O)NC(=O)c2cn3cc(C(F)(F)F)cc(Cl)c3n2)c1. The molecule has 0 saturated carbocycles. The molecule has 36 heavy (non-hydrogen) atoms. The molecule has 0 radical (unpaired) electrons. The molecule has 0 atom stereocenters. The average molecular weight is 583 g/mol. The average Bonchev–Trinajstić information content (AvgIpc) is 3.16. The van der Waals surface area contributed by atoms with Crippen LogP contribution in [0.2, 0.25) is 28.2 Å². The molecule has 1 N–H and O–H groups in total. The van der Waals surface area contributed by atoms with Crippen LogP contribution >= 0.6 is 23.2 Å². The fraction of sp³-hybridized carbons (Fsp3) is 0.364. The lowest BCUT2D eigenvalue weighted by Crippen LogP contribution is -2.40. The molecule has 3 rings (SSSR count). The van der Waals surface area contributed by atoms with Gasteiger partial charge < -0.3 is 8.83 Å². The van der Waals surface area contributed by atoms with Crippen LogP contribution in [0, 0.1) is 0 Å². The van der Waals surface area contributed by atoms with Crippen LogP contribution in [0.15, 0.2) is 41.6 Å². The lowest BCUT2D eigenvalue weighted by Gasteiger charge is -2.36. The number of nitrogens with zero attached hydrogens (tertiary/aromatic N) is 2. The van der Waals surface area contributed by atoms with E-state index in [1.54, 1.807) is 6.07 Å². The fourth-order valence-electron chi connectivity index (χ4n) is 2.87. The molecule has 196 valence electrons. The highest BCUT2D eigenvalue weighted by atomic mass is 35.5. The third-order valence-electron chi connectivity index (χ3n) is 5.98. The van der Waals surface area contributed by atoms with Crippen LogP contribution in [0.1, 0.15) is 42.4 Å². The Hall–Kier alpha value is -2.12. The molecule has 0 bridgehead atoms. The first-order chi connectivity index (χ1) is 16.3. The minimum Gasteiger partial charge on any atom is -0.413 e. The molecule has 1 amide bonds. The van der Waals surface area contributed by atoms with Crippen LogP contribution in [0.5, 0.6) is 0 Å². The smallest absolute Gasteiger partial charge is 0.413 e. The van der Waals surface area contributed by atoms with Gasteiger partial charge in [0.15, 0.2) is 14.0 Å². The number of amides is 1. The number of rotatable bonds is 6. The number of aromatic nitrogens is 2. The molecule has 7 nitrogen and oxygen atoms in total. The van der Waals surface area contributed by atoms with Gasteiger partial charge in [0.05, 0.1) is 22.2 Å². The molecular formula is C22H24Cl2F3N3O4SSi. The van der Waals surface area contributed by atoms with Gasteiger partial charge in [0.1, 0.15) is 10.6 Å². The van der Waals surface area contributed by atoms with Crippen LogP contribution in [0.3, 0.4) is 0 Å². The highest BCUT2D eigenvalue weighted by Gasteiger charge is 2.37. The van der Waals surface area contributed by atoms with Gasteiger partial charge in [-0.2, -0.15) is 13.2 Å². The van der Waals surface area contributed by atoms with E-state index in [0.717, 1.165) is 10.6 Å². The lowest BCUT2D eigenvalue weighted by atomic mass is 10.2. The first kappa shape index (κ1) is 28.4. The minimum absolute atomic E-state index is 0.0554. The maximum absolute atomic E-state index is 13.0. The molecule has 2 heterocycles. The number of hydrogen-bond acceptors (Lipinski definition) is 5. The normalized spacial score (nSPS) is 13.3. The Morgan fingerprint density at radius 1 is 1.11 bits per heavy atom. The van der Waals surface area contributed by atoms with Gasteiger partial charge in [-0.25, -0.2) is 18.1 Å². The van der Waals surface area contributed by atoms with E-state index in [-0.39, 0.29) is 32.2 Å². The number of pyridine rings is 1. The van der Waals surface area contributed by atoms with E-state index >= 15 is 0 Å². The zero-order valence-corrected chi connectivity index (χ0v) is 23.3. The van der Waals surface area contributed by atoms with Gasteiger partial charge in [-0.1, -0.05) is 50.0 Å². The Morgan fingerprint density at radius 2 is 1.75 bits per heavy atom. The molecular weight excluding hydrogens is 558 g/mol. The number of fused-ring (bicyclic) bond motifs is 1. The number of carbonyl (C=O) groups is 1. The van der Waals surface area contributed by atoms with Crippen molar-refractivity contribution in [3.05, 3.63) is 63.5 Å². The van der Waals surface area contributed by atoms with Crippen molar-refractivity contribution >= 4 is 53.1 Å². The van der Waals surface area contributed by atoms with Crippen molar-refractivity contribution < 1.29 is 30.8 Å². The molecule has 0 aliphatic rings. The van der Waals surface area contributed by atoms with Gasteiger partial charge in [-0.3, -0.25) is 4.79 Å². The van der Waals surface area contributed by atoms with Crippen molar-refractivity contribution in [3.8, 4) is 0 Å². The Bertz CT molecular complexity index is 1430. The topological polar surface area (TPSA) is 89.8 Å². The van der Waals surface area contributed by atoms with Crippen molar-refractivity contribution in [2.24, 2.45) is 0 Å². The Balaban J connectivity index is 1.87. The van der Waals surface area contributed by atoms with Gasteiger partial charge in [0, 0.05) is 12.4 Å². The monoisotopic (exact) mass is 581 g/mol. The molecule has 0 unspecified atom stereocenters. The van der Waals surface area contributed by atoms with Crippen LogP contribution in [-0.2, 0) is 27.2 Å². The van der Waals surface area contributed by atoms with Gasteiger partial charge in [0.2, 0.25) is 0 Å². The Morgan fingerprint density at radius 3 is 2.33 bits per heavy atom. The van der Waals surface area contributed by atoms with E-state index in [1.807, 2.05) is 4.72 Å². The van der Waals surface area contributed by atoms with Crippen LogP contribution in [0.4, 0.5) is 13.2 Å². The maximum atomic E-state index is 13.0. The highest BCUT2D eigenvalue weighted by Crippen LogP contribution is 2.37. The molecule has 0 fully saturated rings. The first-order valence-electron chi connectivity index (χ1n) is 10.6. The molecule has 3 aromatic rings. The molecule has 0 saturated heterocycles. The number of alkyl halides is 3. The summed E-state index contributed by atoms with van der Waals surface area (Å²) in [5.41, 5.74) is -1.11. The third-order valence-corrected chi connectivity index (χ3v) is 12.6. The summed E-state index contributed by atoms with van der Waals surface area (Å²) in [7, 11) is -6.58. The zero-order valence-electron chi connectivity index (χ0n) is 20.0. The Labute approximate surface area is 217 Å². The van der Waals surface area contributed by atoms with E-state index in [2.05, 4.69) is 38.8 Å². The van der Waals surface area contributed by atoms with Crippen LogP contribution < -0.4 is 4.72 Å². The second-order valence-corrected chi connectivity index (χ2v) is 17.0. The molecule has 1 aromatic carbocycles. The number of imidazole rings is 1. The van der Waals surface area contributed by atoms with Gasteiger partial charge in [-0.05, 0) is 41.9 Å². The number of sulfonamides is 1. The standard InChI is InChI=1S/C22H24Cl2F3N3O4SSi/c1-21(2,3)36(4,5)34-12-13-6-7-15(23)18(8-13)35(32,33)29-20(31)17-11-30-10-14(22(25,26)27)9-16(24)19(30)28-17/h6-11H,12H2,1-5H3,(H,29,31). The number of carbonyl (C=O) groups excluding carboxylic acids is 1. The predicted octanol–water partition coefficient (Wildman–Crippen LogP) is 6.30. The third kappa shape index (κ3) is 6.05. The van der Waals surface area contributed by atoms with Crippen molar-refractivity contribution in [3.63, 3.8) is 0 Å². The van der Waals surface area contributed by atoms with Crippen molar-refractivity contribution in [1.82, 2.24) is 14.1 Å². The summed E-state index contributed by atoms with van der Waals surface area (Å²) in [5, 5.41) is -0.538. The molecule has 0 spiro atoms. The summed E-state index contributed by atoms with van der Waals surface area (Å²) < 4.78 is 73.9. The van der Waals surface area contributed by atoms with Crippen molar-refractivity contribution in [2.45, 2.75) is 56.6 Å². The number of benzene rings is 1. The second kappa shape index (κ2) is 9.64. The number of hydrogen-bond donors (Lipinski definition) is 1. The zero-order chi connectivity index (χ0) is 27.3. The molecule has 14 heteroatoms. The number of nitrogens with one attached hydrogen (secondary N) is 1. The summed E-state index contributed by atoms with van der Waals surface area (Å²) in [5.74, 6) is -1.16. The van der Waals surface area contributed by atoms with Crippen molar-refractivity contribution in [2.75, 3.05) is 0 Å². The van der Waals surface area contributed by atoms with Crippen LogP contribution in [-0.4, -0.2) is 32.0 Å². The van der Waals surface area contributed by atoms with E-state index in [1.165, 1.54) is 12.1 Å². The van der Waals surface area contributed by atoms with E-state index in [9.17, 15) is 26.4 Å². The summed E-state index contributed by atoms with van der Waals surface area (Å²) >= 11 is 12.0. The number of halogens is 5. The van der Waals surface area contributed by atoms with Gasteiger partial charge in [-0.15, -0.1) is 0 Å². The summed E-state index contributed by atoms with van der Waals surface area (Å²) in [6.07, 6.45) is -3.03. The lowest BCUT2D eigenvalue weighted by molar-refractivity contribution is -0.137. The first-order valence-corrected chi connectivity index (χ1v) is 15.7. The largest absolute Gasteiger partial charge is 0.417 e. The maximum Gasteiger partial charge on any atom is 0.417 e. The predicted molar refractivity (Wildman–Crippen MR) is 133 cm³/mol. The van der Waals surface area contributed by atoms with Crippen LogP contribution in [0.25, 0.3) is 5.65 Å². The van der Waals surface area contributed by atoms with Gasteiger partial charge >= 0.3 is 6.18 Å². The quantitative estimate of drug-likeness (QED) is 0.345. The second-order valence-electron chi connectivity index (χ2n) is 9.68.